The monoisotopic (exact) mass is 894 g/mol. The molecule has 0 saturated carbocycles. The van der Waals surface area contributed by atoms with E-state index >= 15 is 0 Å². The molecule has 0 unspecified atom stereocenters. The molecule has 0 aromatic heterocycles. The van der Waals surface area contributed by atoms with Crippen LogP contribution >= 0.6 is 15.9 Å². The number of hydrogen-bond donors (Lipinski definition) is 3. The third kappa shape index (κ3) is 11.4. The minimum absolute atomic E-state index is 0.0361. The van der Waals surface area contributed by atoms with Crippen LogP contribution in [0.4, 0.5) is 0 Å². The van der Waals surface area contributed by atoms with E-state index in [1.165, 1.54) is 0 Å². The maximum atomic E-state index is 14.9. The van der Waals surface area contributed by atoms with Crippen LogP contribution in [0.15, 0.2) is 166 Å². The smallest absolute Gasteiger partial charge is 0.266 e. The van der Waals surface area contributed by atoms with Gasteiger partial charge < -0.3 is 24.1 Å². The number of aliphatic hydroxyl groups is 1. The summed E-state index contributed by atoms with van der Waals surface area (Å²) in [7, 11) is 0. The number of halogens is 1. The number of nitrogens with zero attached hydrogens (tertiary/aromatic N) is 4. The van der Waals surface area contributed by atoms with Gasteiger partial charge in [-0.1, -0.05) is 124 Å². The summed E-state index contributed by atoms with van der Waals surface area (Å²) in [5.74, 6) is 1.78. The average Bonchev–Trinajstić information content (AvgIpc) is 3.70. The molecule has 0 spiro atoms. The van der Waals surface area contributed by atoms with Gasteiger partial charge in [0.1, 0.15) is 19.0 Å². The topological polar surface area (TPSA) is 159 Å². The van der Waals surface area contributed by atoms with Crippen molar-refractivity contribution < 1.29 is 28.8 Å². The summed E-state index contributed by atoms with van der Waals surface area (Å²) in [6.45, 7) is 1.68. The van der Waals surface area contributed by atoms with Crippen molar-refractivity contribution in [1.29, 1.82) is 0 Å². The Kier molecular flexibility index (Phi) is 15.2. The van der Waals surface area contributed by atoms with E-state index in [0.717, 1.165) is 37.9 Å². The Hall–Kier alpha value is -6.63. The fourth-order valence-electron chi connectivity index (χ4n) is 7.07. The SMILES string of the molecule is [N-]=[N+]=NCc1ccccc1C[C@]1(C(=O)NNCCc2ccc(OCc3ccccc3)c(OCc3ccccc3)c2)N=C(c2ccc(OCCCO)cc2)O[C@H]1c1ccc(Br)cc1. The van der Waals surface area contributed by atoms with E-state index < -0.39 is 17.6 Å². The van der Waals surface area contributed by atoms with Gasteiger partial charge in [-0.25, -0.2) is 10.4 Å². The molecule has 0 aliphatic carbocycles. The first-order chi connectivity index (χ1) is 30.4. The molecule has 1 amide bonds. The highest BCUT2D eigenvalue weighted by Crippen LogP contribution is 2.43. The minimum atomic E-state index is -1.50. The molecule has 6 aromatic carbocycles. The number of ether oxygens (including phenoxy) is 4. The van der Waals surface area contributed by atoms with Crippen LogP contribution in [0.1, 0.15) is 51.5 Å². The Balaban J connectivity index is 1.14. The summed E-state index contributed by atoms with van der Waals surface area (Å²) in [6, 6.07) is 48.3. The average molecular weight is 896 g/mol. The van der Waals surface area contributed by atoms with Crippen LogP contribution in [0, 0.1) is 0 Å². The molecular weight excluding hydrogens is 848 g/mol. The first-order valence-electron chi connectivity index (χ1n) is 20.4. The van der Waals surface area contributed by atoms with Crippen molar-refractivity contribution in [3.8, 4) is 17.2 Å². The van der Waals surface area contributed by atoms with Gasteiger partial charge in [0.05, 0.1) is 13.2 Å². The fourth-order valence-corrected chi connectivity index (χ4v) is 7.34. The van der Waals surface area contributed by atoms with Gasteiger partial charge in [0, 0.05) is 40.9 Å². The fraction of sp³-hybridized carbons (Fsp3) is 0.224. The Morgan fingerprint density at radius 3 is 2.13 bits per heavy atom. The van der Waals surface area contributed by atoms with E-state index in [4.69, 9.17) is 23.9 Å². The number of aliphatic imine (C=N–C) groups is 1. The lowest BCUT2D eigenvalue weighted by molar-refractivity contribution is -0.130. The summed E-state index contributed by atoms with van der Waals surface area (Å²) in [5, 5.41) is 13.0. The zero-order valence-corrected chi connectivity index (χ0v) is 35.6. The normalized spacial score (nSPS) is 15.5. The number of benzene rings is 6. The second kappa shape index (κ2) is 21.8. The van der Waals surface area contributed by atoms with Gasteiger partial charge in [0.15, 0.2) is 23.1 Å². The number of carbonyl (C=O) groups excluding carboxylic acids is 1. The third-order valence-electron chi connectivity index (χ3n) is 10.3. The number of hydrazine groups is 1. The van der Waals surface area contributed by atoms with Gasteiger partial charge in [-0.05, 0) is 93.9 Å². The van der Waals surface area contributed by atoms with E-state index in [0.29, 0.717) is 67.9 Å². The van der Waals surface area contributed by atoms with Gasteiger partial charge >= 0.3 is 0 Å². The van der Waals surface area contributed by atoms with E-state index in [1.54, 1.807) is 0 Å². The summed E-state index contributed by atoms with van der Waals surface area (Å²) in [4.78, 5) is 23.1. The van der Waals surface area contributed by atoms with E-state index in [-0.39, 0.29) is 19.6 Å². The second-order valence-corrected chi connectivity index (χ2v) is 15.6. The van der Waals surface area contributed by atoms with Gasteiger partial charge in [0.2, 0.25) is 5.90 Å². The molecule has 0 radical (unpaired) electrons. The zero-order valence-electron chi connectivity index (χ0n) is 34.0. The van der Waals surface area contributed by atoms with Crippen LogP contribution in [-0.4, -0.2) is 42.2 Å². The number of amides is 1. The molecule has 2 atom stereocenters. The molecule has 6 aromatic rings. The highest BCUT2D eigenvalue weighted by Gasteiger charge is 2.53. The molecule has 0 bridgehead atoms. The van der Waals surface area contributed by atoms with Crippen LogP contribution in [0.3, 0.4) is 0 Å². The highest BCUT2D eigenvalue weighted by molar-refractivity contribution is 9.10. The molecule has 1 aliphatic heterocycles. The van der Waals surface area contributed by atoms with Gasteiger partial charge in [0.25, 0.3) is 5.91 Å². The Morgan fingerprint density at radius 1 is 0.790 bits per heavy atom. The van der Waals surface area contributed by atoms with Crippen LogP contribution in [0.25, 0.3) is 10.4 Å². The predicted molar refractivity (Wildman–Crippen MR) is 242 cm³/mol. The first kappa shape index (κ1) is 43.5. The van der Waals surface area contributed by atoms with Crippen LogP contribution < -0.4 is 25.1 Å². The lowest BCUT2D eigenvalue weighted by Crippen LogP contribution is -2.54. The Bertz CT molecular complexity index is 2470. The van der Waals surface area contributed by atoms with Crippen LogP contribution in [0.2, 0.25) is 0 Å². The number of azide groups is 1. The molecule has 316 valence electrons. The van der Waals surface area contributed by atoms with Crippen LogP contribution in [0.5, 0.6) is 17.2 Å². The molecule has 3 N–H and O–H groups in total. The molecule has 62 heavy (non-hydrogen) atoms. The summed E-state index contributed by atoms with van der Waals surface area (Å²) < 4.78 is 25.9. The van der Waals surface area contributed by atoms with Gasteiger partial charge in [-0.3, -0.25) is 10.2 Å². The van der Waals surface area contributed by atoms with E-state index in [1.807, 2.05) is 152 Å². The van der Waals surface area contributed by atoms with Crippen molar-refractivity contribution in [1.82, 2.24) is 10.9 Å². The van der Waals surface area contributed by atoms with E-state index in [9.17, 15) is 15.4 Å². The number of rotatable bonds is 21. The van der Waals surface area contributed by atoms with Crippen molar-refractivity contribution in [2.24, 2.45) is 10.1 Å². The molecular formula is C49H47BrN6O6. The lowest BCUT2D eigenvalue weighted by Gasteiger charge is -2.31. The molecule has 0 fully saturated rings. The number of hydrogen-bond acceptors (Lipinski definition) is 9. The summed E-state index contributed by atoms with van der Waals surface area (Å²) in [6.07, 6.45) is 0.362. The molecule has 1 aliphatic rings. The first-order valence-corrected chi connectivity index (χ1v) is 21.2. The van der Waals surface area contributed by atoms with Crippen molar-refractivity contribution >= 4 is 27.7 Å². The quantitative estimate of drug-likeness (QED) is 0.0213. The largest absolute Gasteiger partial charge is 0.494 e. The summed E-state index contributed by atoms with van der Waals surface area (Å²) in [5.41, 5.74) is 19.9. The Morgan fingerprint density at radius 2 is 1.45 bits per heavy atom. The molecule has 7 rings (SSSR count). The van der Waals surface area contributed by atoms with Crippen molar-refractivity contribution in [2.75, 3.05) is 19.8 Å². The maximum Gasteiger partial charge on any atom is 0.266 e. The molecule has 13 heteroatoms. The summed E-state index contributed by atoms with van der Waals surface area (Å²) >= 11 is 3.54. The van der Waals surface area contributed by atoms with Crippen molar-refractivity contribution in [3.63, 3.8) is 0 Å². The second-order valence-electron chi connectivity index (χ2n) is 14.6. The molecule has 0 saturated heterocycles. The predicted octanol–water partition coefficient (Wildman–Crippen LogP) is 9.54. The third-order valence-corrected chi connectivity index (χ3v) is 10.8. The number of aliphatic hydroxyl groups excluding tert-OH is 1. The standard InChI is InChI=1S/C49H47BrN6O6/c50-42-21-17-38(18-22-42)46-49(31-40-14-7-8-15-41(40)32-53-56-51,54-47(62-46)39-19-23-43(24-20-39)59-29-9-28-57)48(58)55-52-27-26-35-16-25-44(60-33-36-10-3-1-4-11-36)45(30-35)61-34-37-12-5-2-6-13-37/h1-8,10-25,30,46,52,57H,9,26-29,31-34H2,(H,55,58)/t46-,49-/m0/s1. The lowest BCUT2D eigenvalue weighted by atomic mass is 9.81. The number of nitrogens with one attached hydrogen (secondary N) is 2. The molecule has 1 heterocycles. The molecule has 12 nitrogen and oxygen atoms in total. The van der Waals surface area contributed by atoms with Crippen molar-refractivity contribution in [2.45, 2.75) is 50.7 Å². The van der Waals surface area contributed by atoms with Crippen molar-refractivity contribution in [3.05, 3.63) is 206 Å². The maximum absolute atomic E-state index is 14.9. The van der Waals surface area contributed by atoms with E-state index in [2.05, 4.69) is 36.8 Å². The number of carbonyl (C=O) groups is 1. The minimum Gasteiger partial charge on any atom is -0.494 e. The van der Waals surface area contributed by atoms with Gasteiger partial charge in [-0.15, -0.1) is 0 Å². The zero-order chi connectivity index (χ0) is 43.0. The van der Waals surface area contributed by atoms with Gasteiger partial charge in [-0.2, -0.15) is 0 Å². The highest BCUT2D eigenvalue weighted by atomic mass is 79.9. The Labute approximate surface area is 369 Å². The van der Waals surface area contributed by atoms with Crippen LogP contribution in [-0.2, 0) is 42.1 Å².